The van der Waals surface area contributed by atoms with Gasteiger partial charge in [0, 0.05) is 18.3 Å². The van der Waals surface area contributed by atoms with E-state index in [0.29, 0.717) is 5.57 Å². The van der Waals surface area contributed by atoms with Gasteiger partial charge in [-0.25, -0.2) is 4.99 Å². The Morgan fingerprint density at radius 1 is 1.50 bits per heavy atom. The van der Waals surface area contributed by atoms with Gasteiger partial charge in [-0.1, -0.05) is 0 Å². The number of nitrogens with one attached hydrogen (secondary N) is 1. The summed E-state index contributed by atoms with van der Waals surface area (Å²) in [5.74, 6) is 0. The van der Waals surface area contributed by atoms with Crippen molar-refractivity contribution in [2.24, 2.45) is 4.99 Å². The second kappa shape index (κ2) is 4.73. The Bertz CT molecular complexity index is 170. The number of aldehydes is 1. The molecule has 0 saturated carbocycles. The molecule has 0 rings (SSSR count). The summed E-state index contributed by atoms with van der Waals surface area (Å²) in [7, 11) is 1.76. The molecule has 0 spiro atoms. The fourth-order valence-corrected chi connectivity index (χ4v) is 0.348. The van der Waals surface area contributed by atoms with Crippen LogP contribution in [0.3, 0.4) is 0 Å². The molecule has 0 aliphatic carbocycles. The average Bonchev–Trinajstić information content (AvgIpc) is 1.98. The largest absolute Gasteiger partial charge is 0.379 e. The van der Waals surface area contributed by atoms with E-state index in [1.807, 2.05) is 0 Å². The highest BCUT2D eigenvalue weighted by Crippen LogP contribution is 1.99. The van der Waals surface area contributed by atoms with Crippen molar-refractivity contribution in [1.29, 1.82) is 0 Å². The maximum absolute atomic E-state index is 10.2. The Morgan fingerprint density at radius 3 is 2.50 bits per heavy atom. The monoisotopic (exact) mass is 140 g/mol. The van der Waals surface area contributed by atoms with E-state index < -0.39 is 0 Å². The Kier molecular flexibility index (Phi) is 4.20. The van der Waals surface area contributed by atoms with E-state index in [1.165, 1.54) is 0 Å². The molecule has 0 unspecified atom stereocenters. The molecular formula is C7H12N2O. The van der Waals surface area contributed by atoms with Crippen molar-refractivity contribution in [2.75, 3.05) is 7.05 Å². The van der Waals surface area contributed by atoms with E-state index in [-0.39, 0.29) is 0 Å². The Hall–Kier alpha value is -1.12. The molecule has 0 fully saturated rings. The third-order valence-corrected chi connectivity index (χ3v) is 1.13. The molecule has 3 nitrogen and oxygen atoms in total. The van der Waals surface area contributed by atoms with Crippen molar-refractivity contribution in [3.05, 3.63) is 11.3 Å². The van der Waals surface area contributed by atoms with Gasteiger partial charge >= 0.3 is 0 Å². The van der Waals surface area contributed by atoms with E-state index in [1.54, 1.807) is 27.2 Å². The SMILES string of the molecule is CN/C=N\C(C)=C(\C)C=O. The van der Waals surface area contributed by atoms with Crippen LogP contribution in [0.4, 0.5) is 0 Å². The molecule has 0 aliphatic heterocycles. The van der Waals surface area contributed by atoms with Crippen LogP contribution in [0.15, 0.2) is 16.3 Å². The Balaban J connectivity index is 4.17. The van der Waals surface area contributed by atoms with Crippen LogP contribution in [0.5, 0.6) is 0 Å². The fraction of sp³-hybridized carbons (Fsp3) is 0.429. The maximum Gasteiger partial charge on any atom is 0.147 e. The van der Waals surface area contributed by atoms with Crippen LogP contribution in [-0.2, 0) is 4.79 Å². The molecule has 0 atom stereocenters. The summed E-state index contributed by atoms with van der Waals surface area (Å²) >= 11 is 0. The summed E-state index contributed by atoms with van der Waals surface area (Å²) in [6, 6.07) is 0. The predicted octanol–water partition coefficient (Wildman–Crippen LogP) is 0.727. The van der Waals surface area contributed by atoms with E-state index in [0.717, 1.165) is 12.0 Å². The van der Waals surface area contributed by atoms with E-state index in [2.05, 4.69) is 10.3 Å². The van der Waals surface area contributed by atoms with E-state index in [9.17, 15) is 4.79 Å². The number of hydrogen-bond donors (Lipinski definition) is 1. The molecule has 0 bridgehead atoms. The predicted molar refractivity (Wildman–Crippen MR) is 42.0 cm³/mol. The van der Waals surface area contributed by atoms with Gasteiger partial charge in [0.1, 0.15) is 6.29 Å². The highest BCUT2D eigenvalue weighted by Gasteiger charge is 1.89. The van der Waals surface area contributed by atoms with Gasteiger partial charge < -0.3 is 5.32 Å². The van der Waals surface area contributed by atoms with Crippen molar-refractivity contribution in [3.8, 4) is 0 Å². The van der Waals surface area contributed by atoms with Crippen LogP contribution in [0.1, 0.15) is 13.8 Å². The molecular weight excluding hydrogens is 128 g/mol. The number of hydrogen-bond acceptors (Lipinski definition) is 2. The second-order valence-corrected chi connectivity index (χ2v) is 1.93. The highest BCUT2D eigenvalue weighted by molar-refractivity contribution is 5.74. The summed E-state index contributed by atoms with van der Waals surface area (Å²) < 4.78 is 0. The van der Waals surface area contributed by atoms with Gasteiger partial charge in [-0.2, -0.15) is 0 Å². The normalized spacial score (nSPS) is 13.1. The molecule has 3 heteroatoms. The zero-order valence-corrected chi connectivity index (χ0v) is 6.51. The van der Waals surface area contributed by atoms with Gasteiger partial charge in [0.2, 0.25) is 0 Å². The summed E-state index contributed by atoms with van der Waals surface area (Å²) in [6.07, 6.45) is 2.34. The molecule has 0 aromatic heterocycles. The van der Waals surface area contributed by atoms with Gasteiger partial charge in [0.05, 0.1) is 6.34 Å². The fourth-order valence-electron chi connectivity index (χ4n) is 0.348. The van der Waals surface area contributed by atoms with Crippen LogP contribution in [0.25, 0.3) is 0 Å². The Morgan fingerprint density at radius 2 is 2.10 bits per heavy atom. The molecule has 1 N–H and O–H groups in total. The molecule has 0 aromatic rings. The van der Waals surface area contributed by atoms with Crippen LogP contribution in [0, 0.1) is 0 Å². The molecule has 0 radical (unpaired) electrons. The van der Waals surface area contributed by atoms with E-state index >= 15 is 0 Å². The molecule has 0 amide bonds. The lowest BCUT2D eigenvalue weighted by Gasteiger charge is -1.92. The summed E-state index contributed by atoms with van der Waals surface area (Å²) in [4.78, 5) is 14.1. The first-order chi connectivity index (χ1) is 4.72. The lowest BCUT2D eigenvalue weighted by atomic mass is 10.3. The number of carbonyl (C=O) groups is 1. The first-order valence-electron chi connectivity index (χ1n) is 3.04. The van der Waals surface area contributed by atoms with Gasteiger partial charge in [0.15, 0.2) is 0 Å². The number of carbonyl (C=O) groups excluding carboxylic acids is 1. The van der Waals surface area contributed by atoms with Crippen LogP contribution >= 0.6 is 0 Å². The summed E-state index contributed by atoms with van der Waals surface area (Å²) in [5.41, 5.74) is 1.40. The smallest absolute Gasteiger partial charge is 0.147 e. The molecule has 10 heavy (non-hydrogen) atoms. The average molecular weight is 140 g/mol. The van der Waals surface area contributed by atoms with Crippen LogP contribution in [-0.4, -0.2) is 19.7 Å². The van der Waals surface area contributed by atoms with Crippen LogP contribution < -0.4 is 5.32 Å². The summed E-state index contributed by atoms with van der Waals surface area (Å²) in [5, 5.41) is 2.74. The molecule has 0 aliphatic rings. The highest BCUT2D eigenvalue weighted by atomic mass is 16.1. The molecule has 56 valence electrons. The topological polar surface area (TPSA) is 41.5 Å². The van der Waals surface area contributed by atoms with Gasteiger partial charge in [-0.05, 0) is 13.8 Å². The lowest BCUT2D eigenvalue weighted by Crippen LogP contribution is -2.00. The van der Waals surface area contributed by atoms with Gasteiger partial charge in [-0.3, -0.25) is 4.79 Å². The third-order valence-electron chi connectivity index (χ3n) is 1.13. The van der Waals surface area contributed by atoms with Crippen molar-refractivity contribution in [2.45, 2.75) is 13.8 Å². The number of allylic oxidation sites excluding steroid dienone is 2. The molecule has 0 saturated heterocycles. The summed E-state index contributed by atoms with van der Waals surface area (Å²) in [6.45, 7) is 3.52. The standard InChI is InChI=1S/C7H12N2O/c1-6(4-10)7(2)9-5-8-3/h4-5H,1-3H3,(H,8,9)/b7-6-. The first-order valence-corrected chi connectivity index (χ1v) is 3.04. The van der Waals surface area contributed by atoms with Crippen molar-refractivity contribution in [3.63, 3.8) is 0 Å². The van der Waals surface area contributed by atoms with Gasteiger partial charge in [0.25, 0.3) is 0 Å². The van der Waals surface area contributed by atoms with Crippen molar-refractivity contribution < 1.29 is 4.79 Å². The number of rotatable bonds is 3. The number of nitrogens with zero attached hydrogens (tertiary/aromatic N) is 1. The lowest BCUT2D eigenvalue weighted by molar-refractivity contribution is -0.104. The minimum Gasteiger partial charge on any atom is -0.379 e. The quantitative estimate of drug-likeness (QED) is 0.272. The zero-order chi connectivity index (χ0) is 7.98. The van der Waals surface area contributed by atoms with Crippen molar-refractivity contribution in [1.82, 2.24) is 5.32 Å². The number of aliphatic imine (C=N–C) groups is 1. The van der Waals surface area contributed by atoms with Crippen molar-refractivity contribution >= 4 is 12.6 Å². The maximum atomic E-state index is 10.2. The van der Waals surface area contributed by atoms with Gasteiger partial charge in [-0.15, -0.1) is 0 Å². The van der Waals surface area contributed by atoms with E-state index in [4.69, 9.17) is 0 Å². The Labute approximate surface area is 60.8 Å². The third kappa shape index (κ3) is 3.02. The minimum atomic E-state index is 0.659. The second-order valence-electron chi connectivity index (χ2n) is 1.93. The minimum absolute atomic E-state index is 0.659. The molecule has 0 aromatic carbocycles. The van der Waals surface area contributed by atoms with Crippen LogP contribution in [0.2, 0.25) is 0 Å². The molecule has 0 heterocycles. The zero-order valence-electron chi connectivity index (χ0n) is 6.51. The first kappa shape index (κ1) is 8.88.